The van der Waals surface area contributed by atoms with Crippen molar-refractivity contribution in [3.63, 3.8) is 0 Å². The molecule has 1 aromatic carbocycles. The number of nitrogen functional groups attached to an aromatic ring is 1. The number of ketones is 1. The zero-order valence-corrected chi connectivity index (χ0v) is 13.1. The Labute approximate surface area is 138 Å². The quantitative estimate of drug-likeness (QED) is 0.598. The molecule has 4 N–H and O–H groups in total. The summed E-state index contributed by atoms with van der Waals surface area (Å²) in [5, 5.41) is 6.23. The van der Waals surface area contributed by atoms with Crippen molar-refractivity contribution in [3.05, 3.63) is 60.3 Å². The largest absolute Gasteiger partial charge is 0.467 e. The third kappa shape index (κ3) is 3.52. The fourth-order valence-corrected chi connectivity index (χ4v) is 2.15. The Balaban J connectivity index is 1.73. The van der Waals surface area contributed by atoms with Crippen LogP contribution in [0, 0.1) is 0 Å². The number of anilines is 4. The highest BCUT2D eigenvalue weighted by Gasteiger charge is 2.09. The lowest BCUT2D eigenvalue weighted by atomic mass is 10.1. The summed E-state index contributed by atoms with van der Waals surface area (Å²) in [6.45, 7) is 2.00. The van der Waals surface area contributed by atoms with Crippen LogP contribution >= 0.6 is 0 Å². The fraction of sp³-hybridized carbons (Fsp3) is 0.118. The number of carbonyl (C=O) groups excluding carboxylic acids is 1. The molecule has 0 bridgehead atoms. The molecule has 0 saturated carbocycles. The van der Waals surface area contributed by atoms with E-state index >= 15 is 0 Å². The number of rotatable bonds is 6. The molecule has 3 rings (SSSR count). The van der Waals surface area contributed by atoms with Crippen molar-refractivity contribution in [2.45, 2.75) is 13.5 Å². The number of Topliss-reactive ketones (excluding diaryl/α,β-unsaturated/α-hetero) is 1. The van der Waals surface area contributed by atoms with E-state index in [4.69, 9.17) is 10.2 Å². The minimum atomic E-state index is 0.0208. The van der Waals surface area contributed by atoms with Gasteiger partial charge in [0.2, 0.25) is 0 Å². The number of furan rings is 1. The minimum absolute atomic E-state index is 0.0208. The van der Waals surface area contributed by atoms with Crippen molar-refractivity contribution in [1.82, 2.24) is 9.97 Å². The van der Waals surface area contributed by atoms with E-state index < -0.39 is 0 Å². The van der Waals surface area contributed by atoms with Crippen molar-refractivity contribution < 1.29 is 9.21 Å². The van der Waals surface area contributed by atoms with Crippen LogP contribution in [0.4, 0.5) is 23.0 Å². The van der Waals surface area contributed by atoms with E-state index in [0.717, 1.165) is 11.4 Å². The molecule has 0 spiro atoms. The molecule has 0 atom stereocenters. The number of hydrogen-bond acceptors (Lipinski definition) is 7. The second kappa shape index (κ2) is 6.82. The third-order valence-corrected chi connectivity index (χ3v) is 3.45. The number of hydrogen-bond donors (Lipinski definition) is 3. The van der Waals surface area contributed by atoms with E-state index in [0.29, 0.717) is 29.4 Å². The lowest BCUT2D eigenvalue weighted by Crippen LogP contribution is -2.07. The summed E-state index contributed by atoms with van der Waals surface area (Å²) in [7, 11) is 0. The van der Waals surface area contributed by atoms with Gasteiger partial charge in [0.25, 0.3) is 0 Å². The minimum Gasteiger partial charge on any atom is -0.467 e. The highest BCUT2D eigenvalue weighted by molar-refractivity contribution is 5.94. The predicted octanol–water partition coefficient (Wildman–Crippen LogP) is 3.21. The smallest absolute Gasteiger partial charge is 0.159 e. The van der Waals surface area contributed by atoms with Gasteiger partial charge in [-0.15, -0.1) is 0 Å². The maximum Gasteiger partial charge on any atom is 0.159 e. The number of nitrogens with zero attached hydrogens (tertiary/aromatic N) is 2. The standard InChI is InChI=1S/C17H17N5O2/c1-11(23)12-4-6-13(7-5-12)22-17-15(18)16(20-10-21-17)19-9-14-3-2-8-24-14/h2-8,10H,9,18H2,1H3,(H2,19,20,21,22). The Bertz CT molecular complexity index is 829. The maximum atomic E-state index is 11.3. The van der Waals surface area contributed by atoms with Gasteiger partial charge in [0.15, 0.2) is 17.4 Å². The van der Waals surface area contributed by atoms with Crippen LogP contribution in [0.1, 0.15) is 23.0 Å². The first-order valence-electron chi connectivity index (χ1n) is 7.38. The number of nitrogens with one attached hydrogen (secondary N) is 2. The molecular formula is C17H17N5O2. The van der Waals surface area contributed by atoms with Gasteiger partial charge in [-0.05, 0) is 43.3 Å². The molecule has 2 heterocycles. The molecule has 0 aliphatic rings. The van der Waals surface area contributed by atoms with Gasteiger partial charge in [0.1, 0.15) is 17.8 Å². The third-order valence-electron chi connectivity index (χ3n) is 3.45. The van der Waals surface area contributed by atoms with Crippen LogP contribution in [0.15, 0.2) is 53.4 Å². The first kappa shape index (κ1) is 15.5. The number of aromatic nitrogens is 2. The molecule has 0 fully saturated rings. The van der Waals surface area contributed by atoms with Gasteiger partial charge in [-0.1, -0.05) is 0 Å². The van der Waals surface area contributed by atoms with E-state index in [2.05, 4.69) is 20.6 Å². The highest BCUT2D eigenvalue weighted by Crippen LogP contribution is 2.26. The van der Waals surface area contributed by atoms with E-state index in [1.165, 1.54) is 13.3 Å². The number of benzene rings is 1. The van der Waals surface area contributed by atoms with Gasteiger partial charge in [0, 0.05) is 11.3 Å². The maximum absolute atomic E-state index is 11.3. The zero-order valence-electron chi connectivity index (χ0n) is 13.1. The van der Waals surface area contributed by atoms with E-state index in [1.54, 1.807) is 30.5 Å². The first-order valence-corrected chi connectivity index (χ1v) is 7.38. The molecule has 0 saturated heterocycles. The van der Waals surface area contributed by atoms with Crippen molar-refractivity contribution in [3.8, 4) is 0 Å². The second-order valence-corrected chi connectivity index (χ2v) is 5.18. The van der Waals surface area contributed by atoms with Gasteiger partial charge < -0.3 is 20.8 Å². The number of nitrogens with two attached hydrogens (primary N) is 1. The molecule has 0 aliphatic heterocycles. The van der Waals surface area contributed by atoms with Gasteiger partial charge >= 0.3 is 0 Å². The molecular weight excluding hydrogens is 306 g/mol. The Morgan fingerprint density at radius 3 is 2.58 bits per heavy atom. The summed E-state index contributed by atoms with van der Waals surface area (Å²) >= 11 is 0. The summed E-state index contributed by atoms with van der Waals surface area (Å²) in [4.78, 5) is 19.6. The van der Waals surface area contributed by atoms with Crippen LogP contribution in [0.2, 0.25) is 0 Å². The molecule has 3 aromatic rings. The summed E-state index contributed by atoms with van der Waals surface area (Å²) in [6.07, 6.45) is 3.03. The van der Waals surface area contributed by atoms with Crippen LogP contribution in [-0.2, 0) is 6.54 Å². The van der Waals surface area contributed by atoms with Gasteiger partial charge in [0.05, 0.1) is 12.8 Å². The van der Waals surface area contributed by atoms with E-state index in [1.807, 2.05) is 12.1 Å². The number of carbonyl (C=O) groups is 1. The predicted molar refractivity (Wildman–Crippen MR) is 92.2 cm³/mol. The van der Waals surface area contributed by atoms with Crippen LogP contribution < -0.4 is 16.4 Å². The normalized spacial score (nSPS) is 10.4. The van der Waals surface area contributed by atoms with Crippen LogP contribution in [0.5, 0.6) is 0 Å². The van der Waals surface area contributed by atoms with Crippen molar-refractivity contribution in [2.24, 2.45) is 0 Å². The van der Waals surface area contributed by atoms with Gasteiger partial charge in [-0.2, -0.15) is 0 Å². The van der Waals surface area contributed by atoms with Gasteiger partial charge in [-0.3, -0.25) is 4.79 Å². The lowest BCUT2D eigenvalue weighted by molar-refractivity contribution is 0.101. The second-order valence-electron chi connectivity index (χ2n) is 5.18. The fourth-order valence-electron chi connectivity index (χ4n) is 2.15. The lowest BCUT2D eigenvalue weighted by Gasteiger charge is -2.12. The molecule has 0 amide bonds. The molecule has 122 valence electrons. The Hall–Kier alpha value is -3.35. The monoisotopic (exact) mass is 323 g/mol. The Morgan fingerprint density at radius 2 is 1.92 bits per heavy atom. The van der Waals surface area contributed by atoms with Gasteiger partial charge in [-0.25, -0.2) is 9.97 Å². The van der Waals surface area contributed by atoms with Crippen LogP contribution in [0.3, 0.4) is 0 Å². The average molecular weight is 323 g/mol. The van der Waals surface area contributed by atoms with E-state index in [9.17, 15) is 4.79 Å². The molecule has 7 heteroatoms. The molecule has 2 aromatic heterocycles. The SMILES string of the molecule is CC(=O)c1ccc(Nc2ncnc(NCc3ccco3)c2N)cc1. The van der Waals surface area contributed by atoms with E-state index in [-0.39, 0.29) is 5.78 Å². The van der Waals surface area contributed by atoms with Crippen molar-refractivity contribution in [1.29, 1.82) is 0 Å². The summed E-state index contributed by atoms with van der Waals surface area (Å²) in [6, 6.07) is 10.8. The molecule has 0 aliphatic carbocycles. The summed E-state index contributed by atoms with van der Waals surface area (Å²) in [5.41, 5.74) is 7.95. The highest BCUT2D eigenvalue weighted by atomic mass is 16.3. The summed E-state index contributed by atoms with van der Waals surface area (Å²) in [5.74, 6) is 1.81. The zero-order chi connectivity index (χ0) is 16.9. The Morgan fingerprint density at radius 1 is 1.17 bits per heavy atom. The molecule has 0 unspecified atom stereocenters. The Kier molecular flexibility index (Phi) is 4.42. The van der Waals surface area contributed by atoms with Crippen LogP contribution in [0.25, 0.3) is 0 Å². The molecule has 24 heavy (non-hydrogen) atoms. The first-order chi connectivity index (χ1) is 11.6. The van der Waals surface area contributed by atoms with Crippen molar-refractivity contribution >= 4 is 28.8 Å². The topological polar surface area (TPSA) is 106 Å². The van der Waals surface area contributed by atoms with Crippen molar-refractivity contribution in [2.75, 3.05) is 16.4 Å². The summed E-state index contributed by atoms with van der Waals surface area (Å²) < 4.78 is 5.26. The molecule has 0 radical (unpaired) electrons. The van der Waals surface area contributed by atoms with Crippen LogP contribution in [-0.4, -0.2) is 15.8 Å². The average Bonchev–Trinajstić information content (AvgIpc) is 3.09. The molecule has 7 nitrogen and oxygen atoms in total.